The van der Waals surface area contributed by atoms with Crippen molar-refractivity contribution in [2.75, 3.05) is 0 Å². The van der Waals surface area contributed by atoms with Gasteiger partial charge in [0.25, 0.3) is 10.0 Å². The van der Waals surface area contributed by atoms with Crippen LogP contribution in [0.3, 0.4) is 0 Å². The predicted octanol–water partition coefficient (Wildman–Crippen LogP) is 3.88. The van der Waals surface area contributed by atoms with Crippen molar-refractivity contribution in [3.63, 3.8) is 0 Å². The third-order valence-electron chi connectivity index (χ3n) is 4.16. The van der Waals surface area contributed by atoms with E-state index in [9.17, 15) is 21.6 Å². The van der Waals surface area contributed by atoms with Gasteiger partial charge >= 0.3 is 6.18 Å². The fourth-order valence-electron chi connectivity index (χ4n) is 2.73. The van der Waals surface area contributed by atoms with Crippen LogP contribution in [0.25, 0.3) is 21.7 Å². The van der Waals surface area contributed by atoms with Crippen LogP contribution in [0.4, 0.5) is 13.2 Å². The minimum absolute atomic E-state index is 0.0293. The Labute approximate surface area is 146 Å². The monoisotopic (exact) mass is 376 g/mol. The lowest BCUT2D eigenvalue weighted by atomic mass is 10.1. The Morgan fingerprint density at radius 3 is 2.35 bits per heavy atom. The minimum atomic E-state index is -4.49. The van der Waals surface area contributed by atoms with E-state index in [1.807, 2.05) is 6.92 Å². The lowest BCUT2D eigenvalue weighted by Crippen LogP contribution is -2.04. The molecule has 26 heavy (non-hydrogen) atoms. The van der Waals surface area contributed by atoms with Crippen LogP contribution in [0.1, 0.15) is 11.1 Å². The quantitative estimate of drug-likeness (QED) is 0.533. The predicted molar refractivity (Wildman–Crippen MR) is 90.6 cm³/mol. The number of sulfonamides is 1. The maximum Gasteiger partial charge on any atom is 0.416 e. The fraction of sp³-hybridized carbons (Fsp3) is 0.111. The Balaban J connectivity index is 1.90. The highest BCUT2D eigenvalue weighted by Gasteiger charge is 2.31. The van der Waals surface area contributed by atoms with Gasteiger partial charge in [0.15, 0.2) is 0 Å². The molecule has 4 aromatic rings. The van der Waals surface area contributed by atoms with Gasteiger partial charge in [-0.3, -0.25) is 4.98 Å². The lowest BCUT2D eigenvalue weighted by Gasteiger charge is -2.06. The van der Waals surface area contributed by atoms with Crippen LogP contribution in [0.5, 0.6) is 0 Å². The second kappa shape index (κ2) is 5.38. The van der Waals surface area contributed by atoms with E-state index in [0.717, 1.165) is 17.7 Å². The Bertz CT molecular complexity index is 1280. The molecule has 0 aliphatic heterocycles. The van der Waals surface area contributed by atoms with Gasteiger partial charge in [0, 0.05) is 22.4 Å². The smallest absolute Gasteiger partial charge is 0.256 e. The van der Waals surface area contributed by atoms with Crippen LogP contribution in [-0.2, 0) is 16.2 Å². The Morgan fingerprint density at radius 1 is 1.00 bits per heavy atom. The van der Waals surface area contributed by atoms with Gasteiger partial charge in [0.05, 0.1) is 21.3 Å². The summed E-state index contributed by atoms with van der Waals surface area (Å²) in [7, 11) is -3.95. The number of hydrogen-bond donors (Lipinski definition) is 0. The lowest BCUT2D eigenvalue weighted by molar-refractivity contribution is -0.137. The number of aryl methyl sites for hydroxylation is 1. The first-order valence-corrected chi connectivity index (χ1v) is 9.03. The van der Waals surface area contributed by atoms with Crippen molar-refractivity contribution in [1.82, 2.24) is 4.98 Å². The molecule has 0 unspecified atom stereocenters. The molecular formula is C18H11F3N2O2S. The summed E-state index contributed by atoms with van der Waals surface area (Å²) in [5.41, 5.74) is 0.448. The second-order valence-electron chi connectivity index (χ2n) is 6.00. The number of fused-ring (bicyclic) bond motifs is 3. The molecule has 0 radical (unpaired) electrons. The number of rotatable bonds is 2. The van der Waals surface area contributed by atoms with Crippen molar-refractivity contribution in [2.45, 2.75) is 18.0 Å². The molecule has 0 amide bonds. The molecule has 0 saturated heterocycles. The SMILES string of the molecule is Cc1ccc(S(=O)(=O)N=c2c3cnc4ccc(C(F)(F)F)cc4c23)cc1. The van der Waals surface area contributed by atoms with Crippen LogP contribution >= 0.6 is 0 Å². The van der Waals surface area contributed by atoms with E-state index in [1.54, 1.807) is 12.1 Å². The number of benzene rings is 2. The molecule has 0 N–H and O–H groups in total. The summed E-state index contributed by atoms with van der Waals surface area (Å²) in [6.07, 6.45) is -3.06. The average molecular weight is 376 g/mol. The molecule has 132 valence electrons. The van der Waals surface area contributed by atoms with Gasteiger partial charge in [0.2, 0.25) is 0 Å². The number of halogens is 3. The summed E-state index contributed by atoms with van der Waals surface area (Å²) in [6.45, 7) is 1.83. The molecule has 0 fully saturated rings. The van der Waals surface area contributed by atoms with Gasteiger partial charge in [-0.25, -0.2) is 0 Å². The molecule has 0 spiro atoms. The van der Waals surface area contributed by atoms with Gasteiger partial charge in [-0.2, -0.15) is 26.0 Å². The fourth-order valence-corrected chi connectivity index (χ4v) is 3.74. The molecule has 0 bridgehead atoms. The molecule has 1 heterocycles. The molecular weight excluding hydrogens is 365 g/mol. The van der Waals surface area contributed by atoms with Crippen LogP contribution in [0.2, 0.25) is 0 Å². The van der Waals surface area contributed by atoms with Crippen LogP contribution in [-0.4, -0.2) is 13.4 Å². The number of pyridine rings is 1. The third-order valence-corrected chi connectivity index (χ3v) is 5.45. The van der Waals surface area contributed by atoms with Gasteiger partial charge in [0.1, 0.15) is 0 Å². The topological polar surface area (TPSA) is 59.4 Å². The molecule has 4 nitrogen and oxygen atoms in total. The molecule has 3 aromatic carbocycles. The summed E-state index contributed by atoms with van der Waals surface area (Å²) in [6, 6.07) is 9.38. The zero-order chi connectivity index (χ0) is 18.7. The maximum absolute atomic E-state index is 12.9. The first-order valence-electron chi connectivity index (χ1n) is 7.59. The van der Waals surface area contributed by atoms with Gasteiger partial charge in [-0.05, 0) is 37.3 Å². The van der Waals surface area contributed by atoms with E-state index in [4.69, 9.17) is 0 Å². The largest absolute Gasteiger partial charge is 0.416 e. The summed E-state index contributed by atoms with van der Waals surface area (Å²) in [5.74, 6) is 0. The Morgan fingerprint density at radius 2 is 1.69 bits per heavy atom. The molecule has 8 heteroatoms. The third kappa shape index (κ3) is 2.76. The zero-order valence-corrected chi connectivity index (χ0v) is 14.2. The molecule has 0 atom stereocenters. The van der Waals surface area contributed by atoms with E-state index in [2.05, 4.69) is 9.38 Å². The number of aromatic nitrogens is 1. The summed E-state index contributed by atoms with van der Waals surface area (Å²) in [4.78, 5) is 4.11. The Hall–Kier alpha value is -2.74. The highest BCUT2D eigenvalue weighted by atomic mass is 32.2. The van der Waals surface area contributed by atoms with E-state index >= 15 is 0 Å². The minimum Gasteiger partial charge on any atom is -0.256 e. The average Bonchev–Trinajstić information content (AvgIpc) is 3.26. The van der Waals surface area contributed by atoms with Crippen LogP contribution in [0, 0.1) is 6.92 Å². The summed E-state index contributed by atoms with van der Waals surface area (Å²) >= 11 is 0. The normalized spacial score (nSPS) is 13.9. The molecule has 4 rings (SSSR count). The first-order chi connectivity index (χ1) is 12.2. The summed E-state index contributed by atoms with van der Waals surface area (Å²) < 4.78 is 67.5. The van der Waals surface area contributed by atoms with E-state index in [-0.39, 0.29) is 15.6 Å². The van der Waals surface area contributed by atoms with Crippen molar-refractivity contribution in [3.8, 4) is 0 Å². The summed E-state index contributed by atoms with van der Waals surface area (Å²) in [5, 5.41) is 1.26. The molecule has 0 saturated carbocycles. The van der Waals surface area contributed by atoms with Gasteiger partial charge in [-0.1, -0.05) is 17.7 Å². The van der Waals surface area contributed by atoms with E-state index in [1.165, 1.54) is 24.4 Å². The van der Waals surface area contributed by atoms with E-state index in [0.29, 0.717) is 16.3 Å². The standard InChI is InChI=1S/C18H11F3N2O2S/c1-10-2-5-12(6-3-10)26(24,25)23-17-14-9-22-15-7-4-11(18(19,20)21)8-13(15)16(14)17/h2-9H,1H3. The van der Waals surface area contributed by atoms with E-state index < -0.39 is 21.8 Å². The van der Waals surface area contributed by atoms with Crippen molar-refractivity contribution < 1.29 is 21.6 Å². The molecule has 1 aromatic heterocycles. The number of hydrogen-bond acceptors (Lipinski definition) is 3. The number of nitrogens with zero attached hydrogens (tertiary/aromatic N) is 2. The molecule has 0 aliphatic rings. The Kier molecular flexibility index (Phi) is 3.46. The second-order valence-corrected chi connectivity index (χ2v) is 7.61. The highest BCUT2D eigenvalue weighted by molar-refractivity contribution is 7.90. The van der Waals surface area contributed by atoms with Gasteiger partial charge in [-0.15, -0.1) is 0 Å². The van der Waals surface area contributed by atoms with Crippen LogP contribution < -0.4 is 5.36 Å². The van der Waals surface area contributed by atoms with Crippen LogP contribution in [0.15, 0.2) is 58.0 Å². The van der Waals surface area contributed by atoms with Crippen molar-refractivity contribution in [2.24, 2.45) is 4.40 Å². The highest BCUT2D eigenvalue weighted by Crippen LogP contribution is 2.34. The van der Waals surface area contributed by atoms with Crippen molar-refractivity contribution >= 4 is 31.7 Å². The van der Waals surface area contributed by atoms with Crippen molar-refractivity contribution in [3.05, 3.63) is 65.1 Å². The van der Waals surface area contributed by atoms with Gasteiger partial charge < -0.3 is 0 Å². The van der Waals surface area contributed by atoms with Crippen molar-refractivity contribution in [1.29, 1.82) is 0 Å². The first kappa shape index (κ1) is 16.7. The number of alkyl halides is 3. The zero-order valence-electron chi connectivity index (χ0n) is 13.4. The molecule has 0 aliphatic carbocycles. The maximum atomic E-state index is 12.9.